The number of Topliss-reactive ketones (excluding diaryl/α,β-unsaturated/α-hetero) is 1. The van der Waals surface area contributed by atoms with E-state index in [1.165, 1.54) is 29.6 Å². The minimum atomic E-state index is -0.952. The van der Waals surface area contributed by atoms with Gasteiger partial charge in [0.15, 0.2) is 17.3 Å². The molecule has 11 heteroatoms. The van der Waals surface area contributed by atoms with Crippen LogP contribution in [0, 0.1) is 17.0 Å². The fourth-order valence-corrected chi connectivity index (χ4v) is 4.64. The van der Waals surface area contributed by atoms with Crippen LogP contribution in [0.1, 0.15) is 71.9 Å². The molecule has 1 aliphatic carbocycles. The Labute approximate surface area is 223 Å². The number of carbonyl (C=O) groups excluding carboxylic acids is 1. The first kappa shape index (κ1) is 26.5. The lowest BCUT2D eigenvalue weighted by Crippen LogP contribution is -2.26. The molecule has 204 valence electrons. The summed E-state index contributed by atoms with van der Waals surface area (Å²) in [4.78, 5) is 29.2. The Morgan fingerprint density at radius 3 is 2.64 bits per heavy atom. The molecule has 0 atom stereocenters. The van der Waals surface area contributed by atoms with Gasteiger partial charge in [-0.1, -0.05) is 11.3 Å². The molecule has 0 radical (unpaired) electrons. The molecule has 0 spiro atoms. The van der Waals surface area contributed by atoms with E-state index in [0.29, 0.717) is 23.7 Å². The molecule has 1 aromatic carbocycles. The van der Waals surface area contributed by atoms with Gasteiger partial charge in [0.05, 0.1) is 31.0 Å². The maximum atomic E-state index is 14.4. The number of nitrogens with zero attached hydrogens (tertiary/aromatic N) is 5. The van der Waals surface area contributed by atoms with Crippen molar-refractivity contribution in [3.8, 4) is 5.75 Å². The molecule has 9 nitrogen and oxygen atoms in total. The van der Waals surface area contributed by atoms with Gasteiger partial charge in [-0.15, -0.1) is 5.10 Å². The fraction of sp³-hybridized carbons (Fsp3) is 0.393. The van der Waals surface area contributed by atoms with Gasteiger partial charge < -0.3 is 14.2 Å². The summed E-state index contributed by atoms with van der Waals surface area (Å²) in [6.45, 7) is 3.64. The van der Waals surface area contributed by atoms with Gasteiger partial charge in [0.1, 0.15) is 17.2 Å². The van der Waals surface area contributed by atoms with Gasteiger partial charge in [-0.25, -0.2) is 18.4 Å². The van der Waals surface area contributed by atoms with E-state index in [1.807, 2.05) is 16.8 Å². The lowest BCUT2D eigenvalue weighted by molar-refractivity contribution is -0.146. The van der Waals surface area contributed by atoms with Gasteiger partial charge in [0, 0.05) is 24.4 Å². The monoisotopic (exact) mass is 537 g/mol. The number of aromatic nitrogens is 5. The molecule has 0 bridgehead atoms. The van der Waals surface area contributed by atoms with Crippen LogP contribution in [-0.2, 0) is 24.2 Å². The number of ether oxygens (including phenoxy) is 1. The third-order valence-electron chi connectivity index (χ3n) is 7.08. The van der Waals surface area contributed by atoms with Crippen LogP contribution in [0.25, 0.3) is 5.65 Å². The number of hydrogen-bond acceptors (Lipinski definition) is 6. The van der Waals surface area contributed by atoms with Crippen LogP contribution in [0.4, 0.5) is 8.78 Å². The van der Waals surface area contributed by atoms with Crippen molar-refractivity contribution in [2.75, 3.05) is 7.11 Å². The fourth-order valence-electron chi connectivity index (χ4n) is 4.64. The molecule has 1 fully saturated rings. The number of benzene rings is 1. The van der Waals surface area contributed by atoms with Crippen LogP contribution >= 0.6 is 0 Å². The molecule has 0 aliphatic heterocycles. The predicted octanol–water partition coefficient (Wildman–Crippen LogP) is 4.61. The molecule has 4 aromatic rings. The highest BCUT2D eigenvalue weighted by molar-refractivity contribution is 5.94. The Morgan fingerprint density at radius 1 is 1.18 bits per heavy atom. The predicted molar refractivity (Wildman–Crippen MR) is 137 cm³/mol. The number of carbonyl (C=O) groups is 2. The molecule has 1 aliphatic rings. The maximum absolute atomic E-state index is 14.4. The van der Waals surface area contributed by atoms with Gasteiger partial charge in [0.2, 0.25) is 0 Å². The zero-order valence-corrected chi connectivity index (χ0v) is 21.9. The van der Waals surface area contributed by atoms with Crippen molar-refractivity contribution in [2.24, 2.45) is 5.41 Å². The van der Waals surface area contributed by atoms with Gasteiger partial charge in [0.25, 0.3) is 0 Å². The minimum absolute atomic E-state index is 0.0855. The topological polar surface area (TPSA) is 112 Å². The van der Waals surface area contributed by atoms with Crippen molar-refractivity contribution in [3.05, 3.63) is 76.5 Å². The van der Waals surface area contributed by atoms with Crippen molar-refractivity contribution in [3.63, 3.8) is 0 Å². The number of imidazole rings is 1. The number of ketones is 1. The minimum Gasteiger partial charge on any atom is -0.494 e. The molecular weight excluding hydrogens is 508 g/mol. The zero-order valence-electron chi connectivity index (χ0n) is 21.9. The smallest absolute Gasteiger partial charge is 0.309 e. The van der Waals surface area contributed by atoms with Crippen molar-refractivity contribution >= 4 is 17.4 Å². The first-order valence-electron chi connectivity index (χ1n) is 12.7. The van der Waals surface area contributed by atoms with E-state index >= 15 is 0 Å². The molecule has 1 N–H and O–H groups in total. The summed E-state index contributed by atoms with van der Waals surface area (Å²) in [7, 11) is 1.29. The van der Waals surface area contributed by atoms with E-state index in [-0.39, 0.29) is 36.4 Å². The summed E-state index contributed by atoms with van der Waals surface area (Å²) in [6.07, 6.45) is 7.65. The maximum Gasteiger partial charge on any atom is 0.309 e. The SMILES string of the molecule is COc1ccc(F)c(CCC(=O)c2cn(Cc3cn4cc(C5CC5)cc(CC(C)(C)C(=O)O)c4n3)nn2)c1F. The van der Waals surface area contributed by atoms with E-state index < -0.39 is 28.8 Å². The molecule has 3 heterocycles. The number of hydrogen-bond donors (Lipinski definition) is 1. The Bertz CT molecular complexity index is 1570. The Morgan fingerprint density at radius 2 is 1.95 bits per heavy atom. The summed E-state index contributed by atoms with van der Waals surface area (Å²) >= 11 is 0. The average Bonchev–Trinajstić information content (AvgIpc) is 3.50. The van der Waals surface area contributed by atoms with Crippen molar-refractivity contribution in [2.45, 2.75) is 58.4 Å². The second-order valence-corrected chi connectivity index (χ2v) is 10.7. The Balaban J connectivity index is 1.33. The summed E-state index contributed by atoms with van der Waals surface area (Å²) in [5.41, 5.74) is 2.30. The van der Waals surface area contributed by atoms with Crippen LogP contribution in [0.5, 0.6) is 5.75 Å². The van der Waals surface area contributed by atoms with Crippen LogP contribution in [0.15, 0.2) is 36.8 Å². The first-order valence-corrected chi connectivity index (χ1v) is 12.7. The number of carboxylic acids is 1. The standard InChI is InChI=1S/C28H29F2N5O4/c1-28(2,27(37)38)11-17-10-18(16-4-5-16)12-34-13-19(31-26(17)34)14-35-15-22(32-33-35)23(36)8-6-20-21(29)7-9-24(39-3)25(20)30/h7,9-10,12-13,15-16H,4-6,8,11,14H2,1-3H3,(H,37,38). The normalized spacial score (nSPS) is 13.7. The van der Waals surface area contributed by atoms with E-state index in [0.717, 1.165) is 24.5 Å². The van der Waals surface area contributed by atoms with E-state index in [4.69, 9.17) is 9.72 Å². The van der Waals surface area contributed by atoms with Crippen LogP contribution in [0.3, 0.4) is 0 Å². The second-order valence-electron chi connectivity index (χ2n) is 10.7. The van der Waals surface area contributed by atoms with Crippen LogP contribution in [-0.4, -0.2) is 48.3 Å². The lowest BCUT2D eigenvalue weighted by atomic mass is 9.86. The van der Waals surface area contributed by atoms with E-state index in [1.54, 1.807) is 13.8 Å². The highest BCUT2D eigenvalue weighted by Crippen LogP contribution is 2.41. The third kappa shape index (κ3) is 5.52. The molecule has 0 saturated heterocycles. The Hall–Kier alpha value is -4.15. The number of rotatable bonds is 11. The Kier molecular flexibility index (Phi) is 6.92. The average molecular weight is 538 g/mol. The van der Waals surface area contributed by atoms with Gasteiger partial charge in [-0.05, 0) is 68.7 Å². The molecule has 39 heavy (non-hydrogen) atoms. The van der Waals surface area contributed by atoms with Gasteiger partial charge >= 0.3 is 5.97 Å². The number of fused-ring (bicyclic) bond motifs is 1. The molecule has 5 rings (SSSR count). The molecular formula is C28H29F2N5O4. The molecule has 0 unspecified atom stereocenters. The largest absolute Gasteiger partial charge is 0.494 e. The summed E-state index contributed by atoms with van der Waals surface area (Å²) in [5, 5.41) is 17.6. The number of carboxylic acid groups (broad SMARTS) is 1. The van der Waals surface area contributed by atoms with E-state index in [9.17, 15) is 23.5 Å². The van der Waals surface area contributed by atoms with E-state index in [2.05, 4.69) is 16.4 Å². The van der Waals surface area contributed by atoms with Gasteiger partial charge in [-0.2, -0.15) is 0 Å². The summed E-state index contributed by atoms with van der Waals surface area (Å²) in [6, 6.07) is 4.37. The van der Waals surface area contributed by atoms with Crippen molar-refractivity contribution < 1.29 is 28.2 Å². The third-order valence-corrected chi connectivity index (χ3v) is 7.08. The quantitative estimate of drug-likeness (QED) is 0.278. The number of methoxy groups -OCH3 is 1. The number of aliphatic carboxylic acids is 1. The highest BCUT2D eigenvalue weighted by Gasteiger charge is 2.31. The van der Waals surface area contributed by atoms with Crippen molar-refractivity contribution in [1.82, 2.24) is 24.4 Å². The van der Waals surface area contributed by atoms with Crippen LogP contribution in [0.2, 0.25) is 0 Å². The lowest BCUT2D eigenvalue weighted by Gasteiger charge is -2.20. The van der Waals surface area contributed by atoms with Crippen molar-refractivity contribution in [1.29, 1.82) is 0 Å². The second kappa shape index (κ2) is 10.2. The number of pyridine rings is 1. The molecule has 1 saturated carbocycles. The van der Waals surface area contributed by atoms with Gasteiger partial charge in [-0.3, -0.25) is 9.59 Å². The molecule has 3 aromatic heterocycles. The zero-order chi connectivity index (χ0) is 27.9. The summed E-state index contributed by atoms with van der Waals surface area (Å²) < 4.78 is 36.8. The van der Waals surface area contributed by atoms with Crippen LogP contribution < -0.4 is 4.74 Å². The highest BCUT2D eigenvalue weighted by atomic mass is 19.1. The summed E-state index contributed by atoms with van der Waals surface area (Å²) in [5.74, 6) is -2.44. The number of halogens is 2. The first-order chi connectivity index (χ1) is 18.6. The molecule has 0 amide bonds.